The van der Waals surface area contributed by atoms with Gasteiger partial charge in [0.15, 0.2) is 11.6 Å². The summed E-state index contributed by atoms with van der Waals surface area (Å²) in [5.74, 6) is -2.87. The fourth-order valence-corrected chi connectivity index (χ4v) is 5.94. The first-order chi connectivity index (χ1) is 16.1. The lowest BCUT2D eigenvalue weighted by Gasteiger charge is -2.51. The number of allylic oxidation sites excluding steroid dienone is 1. The Kier molecular flexibility index (Phi) is 5.35. The molecule has 1 heterocycles. The summed E-state index contributed by atoms with van der Waals surface area (Å²) in [6.07, 6.45) is 7.07. The van der Waals surface area contributed by atoms with Crippen LogP contribution in [0.3, 0.4) is 0 Å². The van der Waals surface area contributed by atoms with Gasteiger partial charge in [-0.05, 0) is 91.6 Å². The zero-order valence-corrected chi connectivity index (χ0v) is 19.4. The summed E-state index contributed by atoms with van der Waals surface area (Å²) in [6, 6.07) is 8.67. The number of halogens is 3. The minimum atomic E-state index is -1.42. The first-order valence-corrected chi connectivity index (χ1v) is 11.4. The van der Waals surface area contributed by atoms with Gasteiger partial charge in [0.05, 0.1) is 30.3 Å². The zero-order valence-electron chi connectivity index (χ0n) is 19.4. The van der Waals surface area contributed by atoms with Gasteiger partial charge in [-0.2, -0.15) is 9.49 Å². The average Bonchev–Trinajstić information content (AvgIpc) is 3.20. The van der Waals surface area contributed by atoms with Crippen LogP contribution in [0.5, 0.6) is 5.75 Å². The van der Waals surface area contributed by atoms with Crippen molar-refractivity contribution in [2.45, 2.75) is 45.1 Å². The highest BCUT2D eigenvalue weighted by atomic mass is 19.2. The molecule has 3 atom stereocenters. The van der Waals surface area contributed by atoms with E-state index in [1.807, 2.05) is 10.9 Å². The van der Waals surface area contributed by atoms with Crippen molar-refractivity contribution in [2.75, 3.05) is 7.11 Å². The average molecular weight is 469 g/mol. The maximum atomic E-state index is 14.3. The number of aromatic nitrogens is 2. The summed E-state index contributed by atoms with van der Waals surface area (Å²) >= 11 is 0. The molecule has 2 aliphatic carbocycles. The van der Waals surface area contributed by atoms with Crippen molar-refractivity contribution in [2.24, 2.45) is 11.3 Å². The third-order valence-electron chi connectivity index (χ3n) is 7.75. The molecule has 1 N–H and O–H groups in total. The van der Waals surface area contributed by atoms with Crippen LogP contribution in [0.4, 0.5) is 13.2 Å². The Labute approximate surface area is 196 Å². The van der Waals surface area contributed by atoms with E-state index in [-0.39, 0.29) is 17.5 Å². The van der Waals surface area contributed by atoms with E-state index in [1.165, 1.54) is 30.9 Å². The second-order valence-corrected chi connectivity index (χ2v) is 9.77. The van der Waals surface area contributed by atoms with Gasteiger partial charge in [0.1, 0.15) is 5.82 Å². The lowest BCUT2D eigenvalue weighted by molar-refractivity contribution is -0.0662. The van der Waals surface area contributed by atoms with Gasteiger partial charge < -0.3 is 9.84 Å². The van der Waals surface area contributed by atoms with Crippen LogP contribution >= 0.6 is 0 Å². The number of nitrogens with zero attached hydrogens (tertiary/aromatic N) is 2. The van der Waals surface area contributed by atoms with E-state index in [9.17, 15) is 18.3 Å². The molecule has 0 radical (unpaired) electrons. The molecule has 3 aromatic rings. The van der Waals surface area contributed by atoms with E-state index in [2.05, 4.69) is 18.1 Å². The molecule has 0 saturated heterocycles. The molecule has 4 nitrogen and oxygen atoms in total. The summed E-state index contributed by atoms with van der Waals surface area (Å²) in [7, 11) is 1.28. The molecule has 0 unspecified atom stereocenters. The van der Waals surface area contributed by atoms with Crippen molar-refractivity contribution >= 4 is 6.08 Å². The lowest BCUT2D eigenvalue weighted by Crippen LogP contribution is -2.47. The van der Waals surface area contributed by atoms with Gasteiger partial charge in [0.2, 0.25) is 5.82 Å². The Hall–Kier alpha value is -3.06. The van der Waals surface area contributed by atoms with Crippen LogP contribution in [0.2, 0.25) is 0 Å². The summed E-state index contributed by atoms with van der Waals surface area (Å²) in [5, 5.41) is 16.3. The highest BCUT2D eigenvalue weighted by Crippen LogP contribution is 2.56. The second kappa shape index (κ2) is 8.01. The van der Waals surface area contributed by atoms with Crippen molar-refractivity contribution in [3.63, 3.8) is 0 Å². The number of ether oxygens (including phenoxy) is 1. The van der Waals surface area contributed by atoms with Crippen LogP contribution in [0.25, 0.3) is 11.8 Å². The molecule has 1 fully saturated rings. The van der Waals surface area contributed by atoms with Gasteiger partial charge in [-0.15, -0.1) is 0 Å². The van der Waals surface area contributed by atoms with Crippen LogP contribution in [-0.4, -0.2) is 22.0 Å². The topological polar surface area (TPSA) is 47.3 Å². The summed E-state index contributed by atoms with van der Waals surface area (Å²) in [6.45, 7) is 3.81. The molecular weight excluding hydrogens is 441 g/mol. The van der Waals surface area contributed by atoms with Crippen molar-refractivity contribution in [3.8, 4) is 11.4 Å². The van der Waals surface area contributed by atoms with Crippen LogP contribution in [-0.2, 0) is 12.0 Å². The number of rotatable bonds is 4. The first kappa shape index (κ1) is 22.7. The molecule has 7 heteroatoms. The van der Waals surface area contributed by atoms with E-state index in [0.29, 0.717) is 12.0 Å². The largest absolute Gasteiger partial charge is 0.494 e. The van der Waals surface area contributed by atoms with Crippen molar-refractivity contribution in [1.82, 2.24) is 9.78 Å². The van der Waals surface area contributed by atoms with Crippen molar-refractivity contribution < 1.29 is 23.0 Å². The number of methoxy groups -OCH3 is 1. The Morgan fingerprint density at radius 3 is 2.62 bits per heavy atom. The molecule has 34 heavy (non-hydrogen) atoms. The fraction of sp³-hybridized carbons (Fsp3) is 0.370. The van der Waals surface area contributed by atoms with Crippen molar-refractivity contribution in [1.29, 1.82) is 0 Å². The number of hydrogen-bond donors (Lipinski definition) is 1. The van der Waals surface area contributed by atoms with Crippen molar-refractivity contribution in [3.05, 3.63) is 82.4 Å². The third-order valence-corrected chi connectivity index (χ3v) is 7.75. The van der Waals surface area contributed by atoms with E-state index >= 15 is 0 Å². The minimum absolute atomic E-state index is 0.224. The third kappa shape index (κ3) is 3.45. The van der Waals surface area contributed by atoms with Crippen LogP contribution in [0, 0.1) is 28.8 Å². The molecular formula is C27H27F3N2O2. The van der Waals surface area contributed by atoms with Gasteiger partial charge in [-0.1, -0.05) is 12.5 Å². The van der Waals surface area contributed by atoms with Crippen LogP contribution in [0.1, 0.15) is 49.9 Å². The molecule has 0 bridgehead atoms. The van der Waals surface area contributed by atoms with Crippen LogP contribution < -0.4 is 4.74 Å². The molecule has 2 aromatic carbocycles. The first-order valence-electron chi connectivity index (χ1n) is 11.4. The van der Waals surface area contributed by atoms with E-state index in [4.69, 9.17) is 4.74 Å². The van der Waals surface area contributed by atoms with E-state index in [0.717, 1.165) is 42.3 Å². The van der Waals surface area contributed by atoms with Crippen LogP contribution in [0.15, 0.2) is 48.2 Å². The predicted octanol–water partition coefficient (Wildman–Crippen LogP) is 5.95. The molecule has 1 aromatic heterocycles. The summed E-state index contributed by atoms with van der Waals surface area (Å²) in [5.41, 5.74) is 2.43. The quantitative estimate of drug-likeness (QED) is 0.515. The molecule has 0 aliphatic heterocycles. The standard InChI is InChI=1S/C27H27F3N2O2/c1-26-14-16-15-31-32(20-9-7-19(28)8-10-20)22(16)12-17(26)5-4-6-24(26)27(2,33)18-11-21(29)25(30)23(13-18)34-3/h7-13,15,24,33H,4-6,14H2,1-3H3/t24-,26-,27+/m0/s1. The zero-order chi connectivity index (χ0) is 24.3. The maximum Gasteiger partial charge on any atom is 0.200 e. The monoisotopic (exact) mass is 468 g/mol. The highest BCUT2D eigenvalue weighted by molar-refractivity contribution is 5.61. The normalized spacial score (nSPS) is 23.5. The van der Waals surface area contributed by atoms with Gasteiger partial charge in [0, 0.05) is 5.92 Å². The number of fused-ring (bicyclic) bond motifs is 2. The Bertz CT molecular complexity index is 1280. The number of benzene rings is 2. The van der Waals surface area contributed by atoms with Gasteiger partial charge in [-0.3, -0.25) is 0 Å². The molecule has 0 amide bonds. The SMILES string of the molecule is COc1cc([C@@](C)(O)[C@H]2CCCC3=Cc4c(cnn4-c4ccc(F)cc4)C[C@@]32C)cc(F)c1F. The smallest absolute Gasteiger partial charge is 0.200 e. The highest BCUT2D eigenvalue weighted by Gasteiger charge is 2.51. The maximum absolute atomic E-state index is 14.3. The molecule has 2 aliphatic rings. The van der Waals surface area contributed by atoms with Gasteiger partial charge >= 0.3 is 0 Å². The Morgan fingerprint density at radius 1 is 1.18 bits per heavy atom. The van der Waals surface area contributed by atoms with Gasteiger partial charge in [-0.25, -0.2) is 13.5 Å². The molecule has 5 rings (SSSR count). The predicted molar refractivity (Wildman–Crippen MR) is 123 cm³/mol. The fourth-order valence-electron chi connectivity index (χ4n) is 5.94. The molecule has 1 saturated carbocycles. The molecule has 0 spiro atoms. The minimum Gasteiger partial charge on any atom is -0.494 e. The lowest BCUT2D eigenvalue weighted by atomic mass is 9.54. The second-order valence-electron chi connectivity index (χ2n) is 9.77. The van der Waals surface area contributed by atoms with E-state index < -0.39 is 22.7 Å². The van der Waals surface area contributed by atoms with Gasteiger partial charge in [0.25, 0.3) is 0 Å². The van der Waals surface area contributed by atoms with E-state index in [1.54, 1.807) is 19.1 Å². The summed E-state index contributed by atoms with van der Waals surface area (Å²) in [4.78, 5) is 0. The summed E-state index contributed by atoms with van der Waals surface area (Å²) < 4.78 is 48.6. The Morgan fingerprint density at radius 2 is 1.91 bits per heavy atom. The number of hydrogen-bond acceptors (Lipinski definition) is 3. The Balaban J connectivity index is 1.56. The number of aliphatic hydroxyl groups is 1. The molecule has 178 valence electrons.